The number of pyridine rings is 1. The Morgan fingerprint density at radius 1 is 0.893 bits per heavy atom. The zero-order chi connectivity index (χ0) is 19.9. The van der Waals surface area contributed by atoms with Crippen LogP contribution in [-0.2, 0) is 4.79 Å². The van der Waals surface area contributed by atoms with E-state index in [0.717, 1.165) is 29.7 Å². The van der Waals surface area contributed by atoms with Gasteiger partial charge in [-0.05, 0) is 36.0 Å². The minimum Gasteiger partial charge on any atom is -0.320 e. The van der Waals surface area contributed by atoms with Gasteiger partial charge in [0.2, 0.25) is 6.04 Å². The lowest BCUT2D eigenvalue weighted by atomic mass is 9.95. The predicted octanol–water partition coefficient (Wildman–Crippen LogP) is 5.74. The number of anilines is 1. The molecule has 2 aromatic carbocycles. The van der Waals surface area contributed by atoms with Crippen LogP contribution < -0.4 is 9.88 Å². The molecule has 0 bridgehead atoms. The van der Waals surface area contributed by atoms with Crippen LogP contribution in [0, 0.1) is 0 Å². The van der Waals surface area contributed by atoms with Gasteiger partial charge in [-0.2, -0.15) is 4.57 Å². The summed E-state index contributed by atoms with van der Waals surface area (Å²) in [5.74, 6) is 0.556. The van der Waals surface area contributed by atoms with Gasteiger partial charge >= 0.3 is 0 Å². The molecule has 0 aliphatic carbocycles. The summed E-state index contributed by atoms with van der Waals surface area (Å²) in [6, 6.07) is 22.0. The number of nitrogens with zero attached hydrogens (tertiary/aromatic N) is 1. The molecule has 1 atom stereocenters. The van der Waals surface area contributed by atoms with Crippen molar-refractivity contribution in [3.63, 3.8) is 0 Å². The van der Waals surface area contributed by atoms with Crippen LogP contribution in [0.4, 0.5) is 5.69 Å². The van der Waals surface area contributed by atoms with Crippen LogP contribution in [0.3, 0.4) is 0 Å². The highest BCUT2D eigenvalue weighted by molar-refractivity contribution is 5.96. The standard InChI is InChI=1S/C25H28N2O/c1-4-20(5-2)21-15-17-27(18-16-21)19(3)25(28)26-24-14-10-9-13-23(24)22-11-7-6-8-12-22/h6-20H,4-5H2,1-3H3/p+1/t19-/m1/s1. The van der Waals surface area contributed by atoms with Crippen molar-refractivity contribution in [3.05, 3.63) is 84.7 Å². The van der Waals surface area contributed by atoms with Crippen molar-refractivity contribution in [3.8, 4) is 11.1 Å². The van der Waals surface area contributed by atoms with Crippen molar-refractivity contribution in [1.29, 1.82) is 0 Å². The molecule has 1 heterocycles. The minimum absolute atomic E-state index is 0.0244. The Balaban J connectivity index is 1.77. The average Bonchev–Trinajstić information content (AvgIpc) is 2.75. The fourth-order valence-electron chi connectivity index (χ4n) is 3.57. The third kappa shape index (κ3) is 4.48. The zero-order valence-corrected chi connectivity index (χ0v) is 16.9. The normalized spacial score (nSPS) is 12.0. The number of benzene rings is 2. The van der Waals surface area contributed by atoms with Gasteiger partial charge in [0.1, 0.15) is 0 Å². The molecule has 0 aliphatic heterocycles. The molecule has 0 fully saturated rings. The Labute approximate surface area is 168 Å². The number of nitrogens with one attached hydrogen (secondary N) is 1. The van der Waals surface area contributed by atoms with Crippen LogP contribution in [0.5, 0.6) is 0 Å². The molecule has 28 heavy (non-hydrogen) atoms. The van der Waals surface area contributed by atoms with Gasteiger partial charge in [0.15, 0.2) is 12.4 Å². The van der Waals surface area contributed by atoms with Crippen LogP contribution in [0.1, 0.15) is 51.1 Å². The van der Waals surface area contributed by atoms with Gasteiger partial charge in [0.25, 0.3) is 5.91 Å². The molecule has 3 aromatic rings. The van der Waals surface area contributed by atoms with E-state index in [1.54, 1.807) is 0 Å². The number of rotatable bonds is 7. The highest BCUT2D eigenvalue weighted by Gasteiger charge is 2.23. The maximum Gasteiger partial charge on any atom is 0.293 e. The molecule has 144 valence electrons. The van der Waals surface area contributed by atoms with Gasteiger partial charge in [-0.25, -0.2) is 0 Å². The van der Waals surface area contributed by atoms with Crippen LogP contribution >= 0.6 is 0 Å². The van der Waals surface area contributed by atoms with Crippen LogP contribution in [0.15, 0.2) is 79.1 Å². The first kappa shape index (κ1) is 19.8. The highest BCUT2D eigenvalue weighted by Crippen LogP contribution is 2.28. The Morgan fingerprint density at radius 3 is 2.14 bits per heavy atom. The third-order valence-electron chi connectivity index (χ3n) is 5.43. The lowest BCUT2D eigenvalue weighted by Crippen LogP contribution is -2.44. The van der Waals surface area contributed by atoms with Gasteiger partial charge in [0, 0.05) is 30.3 Å². The number of carbonyl (C=O) groups excluding carboxylic acids is 1. The van der Waals surface area contributed by atoms with E-state index in [9.17, 15) is 4.79 Å². The minimum atomic E-state index is -0.292. The average molecular weight is 374 g/mol. The largest absolute Gasteiger partial charge is 0.320 e. The lowest BCUT2D eigenvalue weighted by molar-refractivity contribution is -0.705. The molecule has 1 N–H and O–H groups in total. The van der Waals surface area contributed by atoms with Crippen LogP contribution in [0.2, 0.25) is 0 Å². The Hall–Kier alpha value is -2.94. The summed E-state index contributed by atoms with van der Waals surface area (Å²) in [6.45, 7) is 6.36. The number of carbonyl (C=O) groups is 1. The first-order valence-corrected chi connectivity index (χ1v) is 10.1. The number of amides is 1. The molecule has 1 aromatic heterocycles. The fourth-order valence-corrected chi connectivity index (χ4v) is 3.57. The SMILES string of the molecule is CCC(CC)c1cc[n+]([C@H](C)C(=O)Nc2ccccc2-c2ccccc2)cc1. The van der Waals surface area contributed by atoms with E-state index in [-0.39, 0.29) is 11.9 Å². The molecular formula is C25H29N2O+. The topological polar surface area (TPSA) is 33.0 Å². The second-order valence-corrected chi connectivity index (χ2v) is 7.17. The van der Waals surface area contributed by atoms with Gasteiger partial charge < -0.3 is 5.32 Å². The molecular weight excluding hydrogens is 344 g/mol. The van der Waals surface area contributed by atoms with Gasteiger partial charge in [-0.15, -0.1) is 0 Å². The first-order valence-electron chi connectivity index (χ1n) is 10.1. The maximum atomic E-state index is 12.9. The summed E-state index contributed by atoms with van der Waals surface area (Å²) in [5.41, 5.74) is 4.29. The van der Waals surface area contributed by atoms with E-state index < -0.39 is 0 Å². The summed E-state index contributed by atoms with van der Waals surface area (Å²) < 4.78 is 1.96. The molecule has 3 rings (SSSR count). The highest BCUT2D eigenvalue weighted by atomic mass is 16.2. The Morgan fingerprint density at radius 2 is 1.50 bits per heavy atom. The van der Waals surface area contributed by atoms with E-state index in [2.05, 4.69) is 43.4 Å². The molecule has 0 spiro atoms. The van der Waals surface area contributed by atoms with E-state index in [0.29, 0.717) is 5.92 Å². The summed E-state index contributed by atoms with van der Waals surface area (Å²) in [5, 5.41) is 3.11. The lowest BCUT2D eigenvalue weighted by Gasteiger charge is -2.14. The van der Waals surface area contributed by atoms with E-state index in [4.69, 9.17) is 0 Å². The molecule has 3 heteroatoms. The second-order valence-electron chi connectivity index (χ2n) is 7.17. The number of aromatic nitrogens is 1. The summed E-state index contributed by atoms with van der Waals surface area (Å²) in [4.78, 5) is 12.9. The predicted molar refractivity (Wildman–Crippen MR) is 115 cm³/mol. The van der Waals surface area contributed by atoms with E-state index in [1.807, 2.05) is 66.3 Å². The fraction of sp³-hybridized carbons (Fsp3) is 0.280. The van der Waals surface area contributed by atoms with Crippen molar-refractivity contribution in [2.45, 2.75) is 45.6 Å². The van der Waals surface area contributed by atoms with Crippen LogP contribution in [-0.4, -0.2) is 5.91 Å². The number of hydrogen-bond donors (Lipinski definition) is 1. The van der Waals surface area contributed by atoms with Crippen molar-refractivity contribution >= 4 is 11.6 Å². The van der Waals surface area contributed by atoms with Crippen LogP contribution in [0.25, 0.3) is 11.1 Å². The molecule has 0 unspecified atom stereocenters. The second kappa shape index (κ2) is 9.32. The molecule has 1 amide bonds. The summed E-state index contributed by atoms with van der Waals surface area (Å²) >= 11 is 0. The van der Waals surface area contributed by atoms with E-state index in [1.165, 1.54) is 5.56 Å². The Bertz CT molecular complexity index is 899. The van der Waals surface area contributed by atoms with Crippen molar-refractivity contribution in [2.75, 3.05) is 5.32 Å². The molecule has 0 saturated carbocycles. The smallest absolute Gasteiger partial charge is 0.293 e. The monoisotopic (exact) mass is 373 g/mol. The van der Waals surface area contributed by atoms with Crippen molar-refractivity contribution in [2.24, 2.45) is 0 Å². The molecule has 3 nitrogen and oxygen atoms in total. The maximum absolute atomic E-state index is 12.9. The molecule has 0 aliphatic rings. The number of para-hydroxylation sites is 1. The third-order valence-corrected chi connectivity index (χ3v) is 5.43. The molecule has 0 radical (unpaired) electrons. The summed E-state index contributed by atoms with van der Waals surface area (Å²) in [7, 11) is 0. The quantitative estimate of drug-likeness (QED) is 0.526. The van der Waals surface area contributed by atoms with Crippen molar-refractivity contribution < 1.29 is 9.36 Å². The van der Waals surface area contributed by atoms with Gasteiger partial charge in [-0.3, -0.25) is 4.79 Å². The number of hydrogen-bond acceptors (Lipinski definition) is 1. The van der Waals surface area contributed by atoms with Gasteiger partial charge in [0.05, 0.1) is 0 Å². The zero-order valence-electron chi connectivity index (χ0n) is 16.9. The van der Waals surface area contributed by atoms with Gasteiger partial charge in [-0.1, -0.05) is 62.4 Å². The van der Waals surface area contributed by atoms with Crippen molar-refractivity contribution in [1.82, 2.24) is 0 Å². The van der Waals surface area contributed by atoms with E-state index >= 15 is 0 Å². The first-order chi connectivity index (χ1) is 13.6. The molecule has 0 saturated heterocycles. The summed E-state index contributed by atoms with van der Waals surface area (Å²) in [6.07, 6.45) is 6.29. The Kier molecular flexibility index (Phi) is 6.59.